The second-order valence-corrected chi connectivity index (χ2v) is 6.55. The first-order valence-electron chi connectivity index (χ1n) is 8.83. The molecule has 4 rings (SSSR count). The highest BCUT2D eigenvalue weighted by molar-refractivity contribution is 5.87. The van der Waals surface area contributed by atoms with Gasteiger partial charge in [0.05, 0.1) is 11.4 Å². The first kappa shape index (κ1) is 17.0. The molecule has 0 fully saturated rings. The second-order valence-electron chi connectivity index (χ2n) is 6.55. The summed E-state index contributed by atoms with van der Waals surface area (Å²) in [6, 6.07) is 20.7. The Morgan fingerprint density at radius 1 is 0.963 bits per heavy atom. The summed E-state index contributed by atoms with van der Waals surface area (Å²) >= 11 is 0. The maximum Gasteiger partial charge on any atom is 0.295 e. The number of benzene rings is 3. The number of hydrogen-bond donors (Lipinski definition) is 1. The van der Waals surface area contributed by atoms with Crippen LogP contribution in [0.2, 0.25) is 0 Å². The molecule has 0 aliphatic rings. The van der Waals surface area contributed by atoms with E-state index < -0.39 is 0 Å². The zero-order chi connectivity index (χ0) is 19.0. The van der Waals surface area contributed by atoms with Gasteiger partial charge in [-0.25, -0.2) is 4.68 Å². The van der Waals surface area contributed by atoms with Crippen LogP contribution in [-0.4, -0.2) is 9.36 Å². The standard InChI is InChI=1S/C22H21N3O2/c1-15-21(22(27)25(24(15)2)17-9-4-3-5-10-17)23-14-19-18-11-7-6-8-16(18)12-13-20(19)26/h3-13,23,26H,14H2,1-2H3/p-1. The van der Waals surface area contributed by atoms with Gasteiger partial charge in [-0.2, -0.15) is 0 Å². The number of nitrogens with zero attached hydrogens (tertiary/aromatic N) is 2. The topological polar surface area (TPSA) is 62.0 Å². The predicted octanol–water partition coefficient (Wildman–Crippen LogP) is 3.32. The monoisotopic (exact) mass is 358 g/mol. The predicted molar refractivity (Wildman–Crippen MR) is 106 cm³/mol. The van der Waals surface area contributed by atoms with E-state index in [1.165, 1.54) is 0 Å². The molecule has 0 radical (unpaired) electrons. The molecular formula is C22H20N3O2-. The van der Waals surface area contributed by atoms with Crippen LogP contribution in [0.5, 0.6) is 5.75 Å². The average Bonchev–Trinajstić information content (AvgIpc) is 2.90. The Morgan fingerprint density at radius 3 is 2.44 bits per heavy atom. The Labute approximate surface area is 157 Å². The quantitative estimate of drug-likeness (QED) is 0.609. The fraction of sp³-hybridized carbons (Fsp3) is 0.136. The van der Waals surface area contributed by atoms with E-state index in [1.807, 2.05) is 79.3 Å². The molecule has 1 N–H and O–H groups in total. The largest absolute Gasteiger partial charge is 0.872 e. The fourth-order valence-corrected chi connectivity index (χ4v) is 3.45. The highest BCUT2D eigenvalue weighted by atomic mass is 16.3. The number of anilines is 1. The van der Waals surface area contributed by atoms with Gasteiger partial charge in [0.1, 0.15) is 5.69 Å². The third-order valence-corrected chi connectivity index (χ3v) is 4.99. The number of fused-ring (bicyclic) bond motifs is 1. The first-order chi connectivity index (χ1) is 13.1. The molecule has 5 nitrogen and oxygen atoms in total. The van der Waals surface area contributed by atoms with Crippen LogP contribution in [0.25, 0.3) is 16.5 Å². The highest BCUT2D eigenvalue weighted by Crippen LogP contribution is 2.26. The molecular weight excluding hydrogens is 338 g/mol. The summed E-state index contributed by atoms with van der Waals surface area (Å²) in [6.45, 7) is 2.19. The summed E-state index contributed by atoms with van der Waals surface area (Å²) < 4.78 is 3.44. The van der Waals surface area contributed by atoms with Crippen molar-refractivity contribution in [3.05, 3.63) is 88.3 Å². The van der Waals surface area contributed by atoms with E-state index in [-0.39, 0.29) is 11.3 Å². The Morgan fingerprint density at radius 2 is 1.67 bits per heavy atom. The lowest BCUT2D eigenvalue weighted by atomic mass is 10.0. The number of nitrogens with one attached hydrogen (secondary N) is 1. The average molecular weight is 358 g/mol. The van der Waals surface area contributed by atoms with Crippen LogP contribution in [0.4, 0.5) is 5.69 Å². The van der Waals surface area contributed by atoms with Crippen molar-refractivity contribution < 1.29 is 5.11 Å². The molecule has 1 aromatic heterocycles. The molecule has 0 spiro atoms. The summed E-state index contributed by atoms with van der Waals surface area (Å²) in [4.78, 5) is 13.0. The Bertz CT molecular complexity index is 1170. The number of aromatic nitrogens is 2. The van der Waals surface area contributed by atoms with Crippen molar-refractivity contribution in [3.63, 3.8) is 0 Å². The summed E-state index contributed by atoms with van der Waals surface area (Å²) in [6.07, 6.45) is 0. The van der Waals surface area contributed by atoms with Crippen LogP contribution in [0.15, 0.2) is 71.5 Å². The molecule has 0 atom stereocenters. The van der Waals surface area contributed by atoms with Crippen LogP contribution in [0.1, 0.15) is 11.3 Å². The summed E-state index contributed by atoms with van der Waals surface area (Å²) in [5.41, 5.74) is 2.66. The molecule has 0 saturated carbocycles. The number of para-hydroxylation sites is 1. The smallest absolute Gasteiger partial charge is 0.295 e. The van der Waals surface area contributed by atoms with Crippen molar-refractivity contribution in [1.82, 2.24) is 9.36 Å². The van der Waals surface area contributed by atoms with E-state index in [4.69, 9.17) is 0 Å². The van der Waals surface area contributed by atoms with Crippen LogP contribution >= 0.6 is 0 Å². The zero-order valence-corrected chi connectivity index (χ0v) is 15.3. The minimum Gasteiger partial charge on any atom is -0.872 e. The van der Waals surface area contributed by atoms with Crippen molar-refractivity contribution in [2.45, 2.75) is 13.5 Å². The Kier molecular flexibility index (Phi) is 4.20. The van der Waals surface area contributed by atoms with Crippen molar-refractivity contribution >= 4 is 16.5 Å². The van der Waals surface area contributed by atoms with E-state index in [2.05, 4.69) is 5.32 Å². The third-order valence-electron chi connectivity index (χ3n) is 4.99. The Balaban J connectivity index is 1.73. The molecule has 5 heteroatoms. The van der Waals surface area contributed by atoms with Crippen molar-refractivity contribution in [3.8, 4) is 11.4 Å². The molecule has 0 aliphatic heterocycles. The van der Waals surface area contributed by atoms with Gasteiger partial charge in [0.2, 0.25) is 0 Å². The van der Waals surface area contributed by atoms with Crippen molar-refractivity contribution in [2.24, 2.45) is 7.05 Å². The first-order valence-corrected chi connectivity index (χ1v) is 8.83. The van der Waals surface area contributed by atoms with Crippen LogP contribution in [0.3, 0.4) is 0 Å². The van der Waals surface area contributed by atoms with Gasteiger partial charge < -0.3 is 10.4 Å². The van der Waals surface area contributed by atoms with E-state index in [0.717, 1.165) is 22.2 Å². The zero-order valence-electron chi connectivity index (χ0n) is 15.3. The lowest BCUT2D eigenvalue weighted by Gasteiger charge is -2.17. The van der Waals surface area contributed by atoms with Crippen molar-refractivity contribution in [2.75, 3.05) is 5.32 Å². The van der Waals surface area contributed by atoms with Gasteiger partial charge in [0.25, 0.3) is 5.56 Å². The molecule has 0 unspecified atom stereocenters. The van der Waals surface area contributed by atoms with Gasteiger partial charge in [0.15, 0.2) is 0 Å². The van der Waals surface area contributed by atoms with Crippen LogP contribution in [0, 0.1) is 6.92 Å². The van der Waals surface area contributed by atoms with Gasteiger partial charge in [-0.3, -0.25) is 9.48 Å². The maximum absolute atomic E-state index is 13.0. The number of rotatable bonds is 4. The third kappa shape index (κ3) is 2.87. The second kappa shape index (κ2) is 6.68. The van der Waals surface area contributed by atoms with E-state index in [1.54, 1.807) is 10.7 Å². The van der Waals surface area contributed by atoms with Gasteiger partial charge in [-0.15, -0.1) is 5.75 Å². The Hall–Kier alpha value is -3.47. The van der Waals surface area contributed by atoms with E-state index >= 15 is 0 Å². The van der Waals surface area contributed by atoms with Gasteiger partial charge in [-0.1, -0.05) is 54.6 Å². The number of hydrogen-bond acceptors (Lipinski definition) is 3. The molecule has 0 aliphatic carbocycles. The summed E-state index contributed by atoms with van der Waals surface area (Å²) in [5, 5.41) is 17.5. The minimum atomic E-state index is -0.131. The molecule has 0 amide bonds. The molecule has 0 saturated heterocycles. The highest BCUT2D eigenvalue weighted by Gasteiger charge is 2.16. The van der Waals surface area contributed by atoms with Crippen molar-refractivity contribution in [1.29, 1.82) is 0 Å². The normalized spacial score (nSPS) is 11.0. The van der Waals surface area contributed by atoms with E-state index in [9.17, 15) is 9.90 Å². The van der Waals surface area contributed by atoms with Crippen LogP contribution in [-0.2, 0) is 13.6 Å². The summed E-state index contributed by atoms with van der Waals surface area (Å²) in [7, 11) is 1.85. The maximum atomic E-state index is 13.0. The molecule has 136 valence electrons. The van der Waals surface area contributed by atoms with Gasteiger partial charge >= 0.3 is 0 Å². The van der Waals surface area contributed by atoms with E-state index in [0.29, 0.717) is 17.8 Å². The van der Waals surface area contributed by atoms with Gasteiger partial charge in [0, 0.05) is 13.6 Å². The molecule has 1 heterocycles. The fourth-order valence-electron chi connectivity index (χ4n) is 3.45. The van der Waals surface area contributed by atoms with Crippen LogP contribution < -0.4 is 16.0 Å². The lowest BCUT2D eigenvalue weighted by Crippen LogP contribution is -2.21. The molecule has 3 aromatic carbocycles. The molecule has 4 aromatic rings. The lowest BCUT2D eigenvalue weighted by molar-refractivity contribution is -0.269. The summed E-state index contributed by atoms with van der Waals surface area (Å²) in [5.74, 6) is -0.0295. The molecule has 27 heavy (non-hydrogen) atoms. The van der Waals surface area contributed by atoms with Gasteiger partial charge in [-0.05, 0) is 35.4 Å². The SMILES string of the molecule is Cc1c(NCc2c([O-])ccc3ccccc23)c(=O)n(-c2ccccc2)n1C. The minimum absolute atomic E-state index is 0.0295. The molecule has 0 bridgehead atoms.